The molecule has 0 aliphatic carbocycles. The molecule has 1 aliphatic heterocycles. The molecule has 0 aromatic heterocycles. The minimum absolute atomic E-state index is 0.188. The van der Waals surface area contributed by atoms with Crippen molar-refractivity contribution in [3.63, 3.8) is 0 Å². The van der Waals surface area contributed by atoms with Crippen LogP contribution < -0.4 is 4.90 Å². The Morgan fingerprint density at radius 3 is 2.71 bits per heavy atom. The van der Waals surface area contributed by atoms with Crippen LogP contribution in [0.5, 0.6) is 0 Å². The van der Waals surface area contributed by atoms with Crippen molar-refractivity contribution in [2.24, 2.45) is 0 Å². The van der Waals surface area contributed by atoms with Gasteiger partial charge in [-0.2, -0.15) is 0 Å². The van der Waals surface area contributed by atoms with Crippen LogP contribution in [-0.2, 0) is 10.5 Å². The second kappa shape index (κ2) is 2.80. The van der Waals surface area contributed by atoms with Crippen molar-refractivity contribution >= 4 is 11.6 Å². The number of rotatable bonds is 1. The summed E-state index contributed by atoms with van der Waals surface area (Å²) in [5, 5.41) is 0. The molecule has 0 saturated carbocycles. The second-order valence-electron chi connectivity index (χ2n) is 3.54. The van der Waals surface area contributed by atoms with Crippen molar-refractivity contribution in [1.29, 1.82) is 0 Å². The van der Waals surface area contributed by atoms with E-state index in [9.17, 15) is 9.18 Å². The highest BCUT2D eigenvalue weighted by molar-refractivity contribution is 6.06. The summed E-state index contributed by atoms with van der Waals surface area (Å²) in [4.78, 5) is 13.1. The fraction of sp³-hybridized carbons (Fsp3) is 0.364. The topological polar surface area (TPSA) is 20.3 Å². The molecule has 0 saturated heterocycles. The van der Waals surface area contributed by atoms with Gasteiger partial charge in [-0.1, -0.05) is 25.1 Å². The fourth-order valence-corrected chi connectivity index (χ4v) is 1.93. The van der Waals surface area contributed by atoms with E-state index in [1.54, 1.807) is 32.2 Å². The van der Waals surface area contributed by atoms with E-state index in [1.807, 2.05) is 6.07 Å². The first kappa shape index (κ1) is 9.19. The molecule has 0 radical (unpaired) electrons. The Morgan fingerprint density at radius 1 is 1.43 bits per heavy atom. The molecular weight excluding hydrogens is 181 g/mol. The van der Waals surface area contributed by atoms with E-state index in [0.29, 0.717) is 11.3 Å². The van der Waals surface area contributed by atoms with Crippen molar-refractivity contribution in [1.82, 2.24) is 0 Å². The van der Waals surface area contributed by atoms with Gasteiger partial charge in [-0.25, -0.2) is 4.39 Å². The number of carbonyl (C=O) groups excluding carboxylic acids is 1. The van der Waals surface area contributed by atoms with Crippen LogP contribution in [0.15, 0.2) is 24.3 Å². The Morgan fingerprint density at radius 2 is 2.07 bits per heavy atom. The molecule has 0 spiro atoms. The molecule has 1 heterocycles. The van der Waals surface area contributed by atoms with E-state index in [-0.39, 0.29) is 6.42 Å². The number of alkyl halides is 1. The zero-order valence-corrected chi connectivity index (χ0v) is 8.25. The van der Waals surface area contributed by atoms with E-state index in [2.05, 4.69) is 0 Å². The lowest BCUT2D eigenvalue weighted by atomic mass is 9.95. The van der Waals surface area contributed by atoms with E-state index in [0.717, 1.165) is 0 Å². The van der Waals surface area contributed by atoms with Gasteiger partial charge in [-0.3, -0.25) is 4.79 Å². The number of nitrogens with zero attached hydrogens (tertiary/aromatic N) is 1. The molecule has 14 heavy (non-hydrogen) atoms. The van der Waals surface area contributed by atoms with Gasteiger partial charge in [0.15, 0.2) is 0 Å². The maximum atomic E-state index is 14.3. The summed E-state index contributed by atoms with van der Waals surface area (Å²) in [6.07, 6.45) is 0.188. The third-order valence-electron chi connectivity index (χ3n) is 2.82. The van der Waals surface area contributed by atoms with Gasteiger partial charge in [0.25, 0.3) is 5.91 Å². The number of carbonyl (C=O) groups is 1. The van der Waals surface area contributed by atoms with E-state index < -0.39 is 11.6 Å². The summed E-state index contributed by atoms with van der Waals surface area (Å²) in [6.45, 7) is 1.69. The van der Waals surface area contributed by atoms with Gasteiger partial charge < -0.3 is 4.90 Å². The largest absolute Gasteiger partial charge is 0.312 e. The second-order valence-corrected chi connectivity index (χ2v) is 3.54. The minimum Gasteiger partial charge on any atom is -0.312 e. The molecular formula is C11H12FNO. The smallest absolute Gasteiger partial charge is 0.269 e. The average Bonchev–Trinajstić information content (AvgIpc) is 2.43. The molecule has 1 atom stereocenters. The highest BCUT2D eigenvalue weighted by Crippen LogP contribution is 2.43. The van der Waals surface area contributed by atoms with Gasteiger partial charge in [0, 0.05) is 12.6 Å². The fourth-order valence-electron chi connectivity index (χ4n) is 1.93. The summed E-state index contributed by atoms with van der Waals surface area (Å²) in [5.41, 5.74) is -0.637. The standard InChI is InChI=1S/C11H12FNO/c1-3-11(12)8-6-4-5-7-9(8)13(2)10(11)14/h4-7H,3H2,1-2H3. The van der Waals surface area contributed by atoms with Crippen LogP contribution >= 0.6 is 0 Å². The number of hydrogen-bond donors (Lipinski definition) is 0. The third kappa shape index (κ3) is 0.924. The zero-order chi connectivity index (χ0) is 10.3. The van der Waals surface area contributed by atoms with Gasteiger partial charge in [-0.05, 0) is 12.5 Å². The molecule has 1 aromatic rings. The summed E-state index contributed by atoms with van der Waals surface area (Å²) in [5.74, 6) is -0.457. The molecule has 2 nitrogen and oxygen atoms in total. The normalized spacial score (nSPS) is 25.4. The number of halogens is 1. The first-order chi connectivity index (χ1) is 6.61. The van der Waals surface area contributed by atoms with Crippen LogP contribution in [-0.4, -0.2) is 13.0 Å². The van der Waals surface area contributed by atoms with Crippen LogP contribution in [0.3, 0.4) is 0 Å². The first-order valence-corrected chi connectivity index (χ1v) is 4.68. The summed E-state index contributed by atoms with van der Waals surface area (Å²) < 4.78 is 14.3. The molecule has 0 fully saturated rings. The molecule has 2 rings (SSSR count). The lowest BCUT2D eigenvalue weighted by Gasteiger charge is -2.16. The van der Waals surface area contributed by atoms with E-state index in [4.69, 9.17) is 0 Å². The van der Waals surface area contributed by atoms with Gasteiger partial charge in [0.05, 0.1) is 5.69 Å². The molecule has 0 bridgehead atoms. The Labute approximate surface area is 82.3 Å². The van der Waals surface area contributed by atoms with Crippen LogP contribution in [0.4, 0.5) is 10.1 Å². The molecule has 1 amide bonds. The average molecular weight is 193 g/mol. The number of fused-ring (bicyclic) bond motifs is 1. The molecule has 1 aromatic carbocycles. The van der Waals surface area contributed by atoms with Crippen molar-refractivity contribution < 1.29 is 9.18 Å². The maximum Gasteiger partial charge on any atom is 0.269 e. The van der Waals surface area contributed by atoms with E-state index >= 15 is 0 Å². The van der Waals surface area contributed by atoms with Crippen LogP contribution in [0.25, 0.3) is 0 Å². The summed E-state index contributed by atoms with van der Waals surface area (Å²) in [6, 6.07) is 7.02. The lowest BCUT2D eigenvalue weighted by molar-refractivity contribution is -0.129. The number of likely N-dealkylation sites (N-methyl/N-ethyl adjacent to an activating group) is 1. The highest BCUT2D eigenvalue weighted by atomic mass is 19.1. The Balaban J connectivity index is 2.65. The molecule has 74 valence electrons. The zero-order valence-electron chi connectivity index (χ0n) is 8.25. The van der Waals surface area contributed by atoms with Crippen molar-refractivity contribution in [3.8, 4) is 0 Å². The first-order valence-electron chi connectivity index (χ1n) is 4.68. The van der Waals surface area contributed by atoms with E-state index in [1.165, 1.54) is 4.90 Å². The summed E-state index contributed by atoms with van der Waals surface area (Å²) >= 11 is 0. The number of benzene rings is 1. The monoisotopic (exact) mass is 193 g/mol. The van der Waals surface area contributed by atoms with Crippen molar-refractivity contribution in [2.75, 3.05) is 11.9 Å². The number of para-hydroxylation sites is 1. The molecule has 1 aliphatic rings. The van der Waals surface area contributed by atoms with Gasteiger partial charge in [0.1, 0.15) is 0 Å². The Hall–Kier alpha value is -1.38. The van der Waals surface area contributed by atoms with Crippen LogP contribution in [0.2, 0.25) is 0 Å². The Kier molecular flexibility index (Phi) is 1.84. The van der Waals surface area contributed by atoms with Gasteiger partial charge >= 0.3 is 0 Å². The van der Waals surface area contributed by atoms with Crippen molar-refractivity contribution in [2.45, 2.75) is 19.0 Å². The van der Waals surface area contributed by atoms with Gasteiger partial charge in [0.2, 0.25) is 5.67 Å². The molecule has 1 unspecified atom stereocenters. The maximum absolute atomic E-state index is 14.3. The third-order valence-corrected chi connectivity index (χ3v) is 2.82. The summed E-state index contributed by atoms with van der Waals surface area (Å²) in [7, 11) is 1.61. The van der Waals surface area contributed by atoms with Crippen LogP contribution in [0, 0.1) is 0 Å². The quantitative estimate of drug-likeness (QED) is 0.669. The number of hydrogen-bond acceptors (Lipinski definition) is 1. The number of amides is 1. The molecule has 0 N–H and O–H groups in total. The molecule has 3 heteroatoms. The lowest BCUT2D eigenvalue weighted by Crippen LogP contribution is -2.34. The number of anilines is 1. The SMILES string of the molecule is CCC1(F)C(=O)N(C)c2ccccc21. The van der Waals surface area contributed by atoms with Gasteiger partial charge in [-0.15, -0.1) is 0 Å². The van der Waals surface area contributed by atoms with Crippen LogP contribution in [0.1, 0.15) is 18.9 Å². The highest BCUT2D eigenvalue weighted by Gasteiger charge is 2.48. The predicted octanol–water partition coefficient (Wildman–Crippen LogP) is 2.24. The minimum atomic E-state index is -1.81. The van der Waals surface area contributed by atoms with Crippen molar-refractivity contribution in [3.05, 3.63) is 29.8 Å². The predicted molar refractivity (Wildman–Crippen MR) is 52.9 cm³/mol. The Bertz CT molecular complexity index is 391.